The minimum atomic E-state index is -0.363. The van der Waals surface area contributed by atoms with Crippen molar-refractivity contribution in [3.63, 3.8) is 0 Å². The second kappa shape index (κ2) is 6.50. The van der Waals surface area contributed by atoms with E-state index in [0.29, 0.717) is 12.0 Å². The Hall–Kier alpha value is -0.640. The van der Waals surface area contributed by atoms with E-state index in [4.69, 9.17) is 16.3 Å². The molecule has 1 atom stereocenters. The SMILES string of the molecule is CC(NCc1ccc(F)c(Cl)c1)C1CCOCC1. The molecule has 0 aliphatic carbocycles. The van der Waals surface area contributed by atoms with Crippen LogP contribution in [0.2, 0.25) is 5.02 Å². The second-order valence-corrected chi connectivity index (χ2v) is 5.28. The molecule has 1 heterocycles. The summed E-state index contributed by atoms with van der Waals surface area (Å²) in [4.78, 5) is 0. The van der Waals surface area contributed by atoms with Crippen LogP contribution in [0, 0.1) is 11.7 Å². The van der Waals surface area contributed by atoms with Crippen LogP contribution in [0.25, 0.3) is 0 Å². The van der Waals surface area contributed by atoms with Crippen LogP contribution in [-0.4, -0.2) is 19.3 Å². The van der Waals surface area contributed by atoms with E-state index >= 15 is 0 Å². The van der Waals surface area contributed by atoms with Crippen LogP contribution in [0.3, 0.4) is 0 Å². The zero-order valence-electron chi connectivity index (χ0n) is 10.6. The van der Waals surface area contributed by atoms with Crippen molar-refractivity contribution in [1.82, 2.24) is 5.32 Å². The summed E-state index contributed by atoms with van der Waals surface area (Å²) in [6.07, 6.45) is 2.22. The Morgan fingerprint density at radius 1 is 1.44 bits per heavy atom. The highest BCUT2D eigenvalue weighted by Crippen LogP contribution is 2.20. The monoisotopic (exact) mass is 271 g/mol. The van der Waals surface area contributed by atoms with Crippen molar-refractivity contribution in [2.75, 3.05) is 13.2 Å². The zero-order valence-corrected chi connectivity index (χ0v) is 11.3. The van der Waals surface area contributed by atoms with Crippen LogP contribution in [0.1, 0.15) is 25.3 Å². The smallest absolute Gasteiger partial charge is 0.141 e. The molecule has 0 bridgehead atoms. The fraction of sp³-hybridized carbons (Fsp3) is 0.571. The molecule has 1 aliphatic rings. The van der Waals surface area contributed by atoms with Crippen molar-refractivity contribution in [2.24, 2.45) is 5.92 Å². The summed E-state index contributed by atoms with van der Waals surface area (Å²) in [6.45, 7) is 4.64. The van der Waals surface area contributed by atoms with Gasteiger partial charge in [0.25, 0.3) is 0 Å². The topological polar surface area (TPSA) is 21.3 Å². The van der Waals surface area contributed by atoms with Gasteiger partial charge in [-0.05, 0) is 43.4 Å². The zero-order chi connectivity index (χ0) is 13.0. The van der Waals surface area contributed by atoms with E-state index in [-0.39, 0.29) is 10.8 Å². The van der Waals surface area contributed by atoms with Gasteiger partial charge in [-0.1, -0.05) is 17.7 Å². The van der Waals surface area contributed by atoms with E-state index in [1.807, 2.05) is 0 Å². The molecule has 0 radical (unpaired) electrons. The average Bonchev–Trinajstić information content (AvgIpc) is 2.41. The third kappa shape index (κ3) is 3.67. The molecule has 0 amide bonds. The molecule has 2 rings (SSSR count). The third-order valence-electron chi connectivity index (χ3n) is 3.59. The standard InChI is InChI=1S/C14H19ClFNO/c1-10(12-4-6-18-7-5-12)17-9-11-2-3-14(16)13(15)8-11/h2-3,8,10,12,17H,4-7,9H2,1H3. The summed E-state index contributed by atoms with van der Waals surface area (Å²) in [5.74, 6) is 0.299. The maximum Gasteiger partial charge on any atom is 0.141 e. The number of ether oxygens (including phenoxy) is 1. The fourth-order valence-corrected chi connectivity index (χ4v) is 2.51. The molecular weight excluding hydrogens is 253 g/mol. The first-order chi connectivity index (χ1) is 8.66. The number of rotatable bonds is 4. The van der Waals surface area contributed by atoms with Crippen molar-refractivity contribution in [1.29, 1.82) is 0 Å². The van der Waals surface area contributed by atoms with Gasteiger partial charge >= 0.3 is 0 Å². The Labute approximate surface area is 112 Å². The third-order valence-corrected chi connectivity index (χ3v) is 3.87. The van der Waals surface area contributed by atoms with Crippen LogP contribution >= 0.6 is 11.6 Å². The highest BCUT2D eigenvalue weighted by molar-refractivity contribution is 6.30. The summed E-state index contributed by atoms with van der Waals surface area (Å²) < 4.78 is 18.4. The molecule has 1 aromatic carbocycles. The highest BCUT2D eigenvalue weighted by atomic mass is 35.5. The summed E-state index contributed by atoms with van der Waals surface area (Å²) in [5.41, 5.74) is 1.01. The maximum atomic E-state index is 13.0. The first kappa shape index (κ1) is 13.8. The lowest BCUT2D eigenvalue weighted by Crippen LogP contribution is -2.36. The molecule has 1 unspecified atom stereocenters. The molecule has 4 heteroatoms. The van der Waals surface area contributed by atoms with Crippen LogP contribution in [0.4, 0.5) is 4.39 Å². The van der Waals surface area contributed by atoms with E-state index in [2.05, 4.69) is 12.2 Å². The van der Waals surface area contributed by atoms with Gasteiger partial charge in [0.15, 0.2) is 0 Å². The molecule has 2 nitrogen and oxygen atoms in total. The molecule has 0 saturated carbocycles. The molecule has 1 aromatic rings. The minimum Gasteiger partial charge on any atom is -0.381 e. The Morgan fingerprint density at radius 3 is 2.83 bits per heavy atom. The van der Waals surface area contributed by atoms with Gasteiger partial charge in [-0.2, -0.15) is 0 Å². The summed E-state index contributed by atoms with van der Waals surface area (Å²) in [6, 6.07) is 5.31. The number of halogens is 2. The first-order valence-electron chi connectivity index (χ1n) is 6.42. The quantitative estimate of drug-likeness (QED) is 0.906. The van der Waals surface area contributed by atoms with Gasteiger partial charge in [-0.3, -0.25) is 0 Å². The van der Waals surface area contributed by atoms with E-state index in [0.717, 1.165) is 38.2 Å². The van der Waals surface area contributed by atoms with Crippen molar-refractivity contribution < 1.29 is 9.13 Å². The lowest BCUT2D eigenvalue weighted by Gasteiger charge is -2.28. The second-order valence-electron chi connectivity index (χ2n) is 4.87. The van der Waals surface area contributed by atoms with E-state index in [1.54, 1.807) is 12.1 Å². The number of benzene rings is 1. The minimum absolute atomic E-state index is 0.188. The number of nitrogens with one attached hydrogen (secondary N) is 1. The Kier molecular flexibility index (Phi) is 4.98. The summed E-state index contributed by atoms with van der Waals surface area (Å²) >= 11 is 5.76. The van der Waals surface area contributed by atoms with Crippen molar-refractivity contribution in [3.05, 3.63) is 34.6 Å². The Bertz CT molecular complexity index is 393. The van der Waals surface area contributed by atoms with Gasteiger partial charge in [0.1, 0.15) is 5.82 Å². The van der Waals surface area contributed by atoms with E-state index in [9.17, 15) is 4.39 Å². The predicted molar refractivity (Wildman–Crippen MR) is 71.3 cm³/mol. The van der Waals surface area contributed by atoms with Crippen molar-refractivity contribution >= 4 is 11.6 Å². The van der Waals surface area contributed by atoms with Crippen LogP contribution in [0.15, 0.2) is 18.2 Å². The average molecular weight is 272 g/mol. The molecule has 0 spiro atoms. The van der Waals surface area contributed by atoms with Crippen LogP contribution in [-0.2, 0) is 11.3 Å². The Balaban J connectivity index is 1.84. The fourth-order valence-electron chi connectivity index (χ4n) is 2.31. The van der Waals surface area contributed by atoms with Gasteiger partial charge in [0.05, 0.1) is 5.02 Å². The van der Waals surface area contributed by atoms with Gasteiger partial charge < -0.3 is 10.1 Å². The summed E-state index contributed by atoms with van der Waals surface area (Å²) in [5, 5.41) is 3.67. The number of hydrogen-bond acceptors (Lipinski definition) is 2. The molecule has 18 heavy (non-hydrogen) atoms. The molecule has 1 aliphatic heterocycles. The van der Waals surface area contributed by atoms with Gasteiger partial charge in [-0.15, -0.1) is 0 Å². The van der Waals surface area contributed by atoms with Gasteiger partial charge in [0.2, 0.25) is 0 Å². The molecule has 1 fully saturated rings. The summed E-state index contributed by atoms with van der Waals surface area (Å²) in [7, 11) is 0. The van der Waals surface area contributed by atoms with Crippen molar-refractivity contribution in [3.8, 4) is 0 Å². The molecule has 100 valence electrons. The highest BCUT2D eigenvalue weighted by Gasteiger charge is 2.19. The largest absolute Gasteiger partial charge is 0.381 e. The lowest BCUT2D eigenvalue weighted by atomic mass is 9.93. The number of hydrogen-bond donors (Lipinski definition) is 1. The predicted octanol–water partition coefficient (Wildman–Crippen LogP) is 3.38. The van der Waals surface area contributed by atoms with Crippen molar-refractivity contribution in [2.45, 2.75) is 32.4 Å². The van der Waals surface area contributed by atoms with Crippen LogP contribution in [0.5, 0.6) is 0 Å². The van der Waals surface area contributed by atoms with E-state index in [1.165, 1.54) is 6.07 Å². The van der Waals surface area contributed by atoms with Gasteiger partial charge in [0, 0.05) is 25.8 Å². The molecule has 0 aromatic heterocycles. The first-order valence-corrected chi connectivity index (χ1v) is 6.79. The molecule has 1 saturated heterocycles. The normalized spacial score (nSPS) is 18.8. The Morgan fingerprint density at radius 2 is 2.17 bits per heavy atom. The molecule has 1 N–H and O–H groups in total. The van der Waals surface area contributed by atoms with Crippen LogP contribution < -0.4 is 5.32 Å². The molecular formula is C14H19ClFNO. The maximum absolute atomic E-state index is 13.0. The van der Waals surface area contributed by atoms with E-state index < -0.39 is 0 Å². The lowest BCUT2D eigenvalue weighted by molar-refractivity contribution is 0.0558. The van der Waals surface area contributed by atoms with Gasteiger partial charge in [-0.25, -0.2) is 4.39 Å².